The molecule has 2 unspecified atom stereocenters. The van der Waals surface area contributed by atoms with E-state index in [0.717, 1.165) is 51.8 Å². The van der Waals surface area contributed by atoms with Crippen molar-refractivity contribution in [1.29, 1.82) is 0 Å². The summed E-state index contributed by atoms with van der Waals surface area (Å²) in [5.41, 5.74) is 7.96. The quantitative estimate of drug-likeness (QED) is 0.437. The summed E-state index contributed by atoms with van der Waals surface area (Å²) >= 11 is 0. The fourth-order valence-corrected chi connectivity index (χ4v) is 5.37. The number of carbonyl (C=O) groups excluding carboxylic acids is 1. The van der Waals surface area contributed by atoms with Crippen LogP contribution in [0.2, 0.25) is 0 Å². The molecule has 178 valence electrons. The molecule has 7 heteroatoms. The number of fused-ring (bicyclic) bond motifs is 4. The van der Waals surface area contributed by atoms with Gasteiger partial charge in [0, 0.05) is 30.3 Å². The Kier molecular flexibility index (Phi) is 5.52. The van der Waals surface area contributed by atoms with Crippen LogP contribution in [-0.4, -0.2) is 37.7 Å². The van der Waals surface area contributed by atoms with Gasteiger partial charge in [0.15, 0.2) is 0 Å². The Labute approximate surface area is 208 Å². The van der Waals surface area contributed by atoms with Gasteiger partial charge in [-0.3, -0.25) is 19.6 Å². The molecule has 1 aromatic heterocycles. The second kappa shape index (κ2) is 9.00. The zero-order valence-corrected chi connectivity index (χ0v) is 19.5. The smallest absolute Gasteiger partial charge is 0.303 e. The number of carboxylic acids is 1. The Morgan fingerprint density at radius 3 is 2.50 bits per heavy atom. The first-order valence-electron chi connectivity index (χ1n) is 12.1. The van der Waals surface area contributed by atoms with Gasteiger partial charge in [-0.1, -0.05) is 54.6 Å². The lowest BCUT2D eigenvalue weighted by Gasteiger charge is -2.30. The van der Waals surface area contributed by atoms with E-state index in [4.69, 9.17) is 10.2 Å². The number of carboxylic acid groups (broad SMARTS) is 1. The molecule has 0 fully saturated rings. The first-order valence-corrected chi connectivity index (χ1v) is 12.1. The van der Waals surface area contributed by atoms with Gasteiger partial charge in [-0.25, -0.2) is 5.01 Å². The highest BCUT2D eigenvalue weighted by molar-refractivity contribution is 6.07. The number of aromatic nitrogens is 2. The number of amides is 1. The van der Waals surface area contributed by atoms with E-state index in [1.54, 1.807) is 12.4 Å². The van der Waals surface area contributed by atoms with Gasteiger partial charge in [0.2, 0.25) is 5.91 Å². The molecule has 2 heterocycles. The monoisotopic (exact) mass is 476 g/mol. The summed E-state index contributed by atoms with van der Waals surface area (Å²) in [4.78, 5) is 33.2. The third kappa shape index (κ3) is 3.92. The number of rotatable bonds is 5. The van der Waals surface area contributed by atoms with Crippen molar-refractivity contribution in [1.82, 2.24) is 15.0 Å². The molecule has 36 heavy (non-hydrogen) atoms. The molecule has 0 radical (unpaired) electrons. The molecule has 0 saturated heterocycles. The Bertz CT molecular complexity index is 1520. The SMILES string of the molecule is O=C(O)CCC(=O)N1N=C2c3ccc(-c4ccccc4)cc3CCC2C1c1ccc2nccnc2c1. The average molecular weight is 477 g/mol. The second-order valence-corrected chi connectivity index (χ2v) is 9.25. The van der Waals surface area contributed by atoms with Crippen molar-refractivity contribution in [3.63, 3.8) is 0 Å². The van der Waals surface area contributed by atoms with Crippen LogP contribution in [0, 0.1) is 5.92 Å². The van der Waals surface area contributed by atoms with Crippen molar-refractivity contribution in [3.05, 3.63) is 95.8 Å². The van der Waals surface area contributed by atoms with Crippen LogP contribution in [0.25, 0.3) is 22.2 Å². The maximum Gasteiger partial charge on any atom is 0.303 e. The van der Waals surface area contributed by atoms with Gasteiger partial charge in [0.1, 0.15) is 0 Å². The van der Waals surface area contributed by atoms with Gasteiger partial charge in [0.05, 0.1) is 29.2 Å². The molecule has 1 aliphatic heterocycles. The molecule has 7 nitrogen and oxygen atoms in total. The van der Waals surface area contributed by atoms with E-state index >= 15 is 0 Å². The Hall–Kier alpha value is -4.39. The summed E-state index contributed by atoms with van der Waals surface area (Å²) in [5, 5.41) is 15.5. The second-order valence-electron chi connectivity index (χ2n) is 9.25. The Morgan fingerprint density at radius 2 is 1.69 bits per heavy atom. The van der Waals surface area contributed by atoms with E-state index in [2.05, 4.69) is 40.3 Å². The highest BCUT2D eigenvalue weighted by atomic mass is 16.4. The lowest BCUT2D eigenvalue weighted by molar-refractivity contribution is -0.141. The number of hydrazone groups is 1. The molecule has 0 bridgehead atoms. The van der Waals surface area contributed by atoms with Crippen LogP contribution in [-0.2, 0) is 16.0 Å². The number of carbonyl (C=O) groups is 2. The van der Waals surface area contributed by atoms with Gasteiger partial charge in [-0.05, 0) is 47.2 Å². The van der Waals surface area contributed by atoms with Crippen LogP contribution in [0.3, 0.4) is 0 Å². The van der Waals surface area contributed by atoms with Crippen LogP contribution in [0.1, 0.15) is 42.0 Å². The minimum absolute atomic E-state index is 0.0166. The molecule has 1 N–H and O–H groups in total. The maximum absolute atomic E-state index is 13.2. The topological polar surface area (TPSA) is 95.8 Å². The molecule has 1 aliphatic carbocycles. The van der Waals surface area contributed by atoms with E-state index in [-0.39, 0.29) is 30.7 Å². The maximum atomic E-state index is 13.2. The van der Waals surface area contributed by atoms with E-state index in [9.17, 15) is 9.59 Å². The standard InChI is InChI=1S/C29H24N4O3/c34-26(12-13-27(35)36)33-29(21-8-11-24-25(17-21)31-15-14-30-24)23-10-7-20-16-19(18-4-2-1-3-5-18)6-9-22(20)28(23)32-33/h1-6,8-9,11,14-17,23,29H,7,10,12-13H2,(H,35,36). The molecule has 4 aromatic rings. The number of aliphatic carboxylic acids is 1. The van der Waals surface area contributed by atoms with Gasteiger partial charge < -0.3 is 5.11 Å². The van der Waals surface area contributed by atoms with E-state index < -0.39 is 5.97 Å². The lowest BCUT2D eigenvalue weighted by atomic mass is 9.76. The summed E-state index contributed by atoms with van der Waals surface area (Å²) in [5.74, 6) is -1.27. The number of aryl methyl sites for hydroxylation is 1. The summed E-state index contributed by atoms with van der Waals surface area (Å²) in [7, 11) is 0. The van der Waals surface area contributed by atoms with Crippen LogP contribution >= 0.6 is 0 Å². The first-order chi connectivity index (χ1) is 17.6. The highest BCUT2D eigenvalue weighted by Gasteiger charge is 2.43. The predicted molar refractivity (Wildman–Crippen MR) is 136 cm³/mol. The van der Waals surface area contributed by atoms with Crippen LogP contribution < -0.4 is 0 Å². The fourth-order valence-electron chi connectivity index (χ4n) is 5.37. The molecule has 0 saturated carbocycles. The molecule has 2 aliphatic rings. The van der Waals surface area contributed by atoms with Crippen LogP contribution in [0.5, 0.6) is 0 Å². The predicted octanol–water partition coefficient (Wildman–Crippen LogP) is 5.01. The van der Waals surface area contributed by atoms with Crippen molar-refractivity contribution in [2.24, 2.45) is 11.0 Å². The van der Waals surface area contributed by atoms with E-state index in [1.807, 2.05) is 36.4 Å². The summed E-state index contributed by atoms with van der Waals surface area (Å²) in [6, 6.07) is 22.3. The number of nitrogens with zero attached hydrogens (tertiary/aromatic N) is 4. The molecule has 3 aromatic carbocycles. The minimum Gasteiger partial charge on any atom is -0.481 e. The van der Waals surface area contributed by atoms with Crippen molar-refractivity contribution < 1.29 is 14.7 Å². The molecular weight excluding hydrogens is 452 g/mol. The number of hydrogen-bond acceptors (Lipinski definition) is 5. The van der Waals surface area contributed by atoms with Gasteiger partial charge in [-0.15, -0.1) is 0 Å². The summed E-state index contributed by atoms with van der Waals surface area (Å²) in [6.07, 6.45) is 4.71. The fraction of sp³-hybridized carbons (Fsp3) is 0.207. The number of benzene rings is 3. The summed E-state index contributed by atoms with van der Waals surface area (Å²) < 4.78 is 0. The van der Waals surface area contributed by atoms with Crippen LogP contribution in [0.15, 0.2) is 84.2 Å². The van der Waals surface area contributed by atoms with Crippen LogP contribution in [0.4, 0.5) is 0 Å². The van der Waals surface area contributed by atoms with Crippen molar-refractivity contribution in [2.75, 3.05) is 0 Å². The normalized spacial score (nSPS) is 18.4. The lowest BCUT2D eigenvalue weighted by Crippen LogP contribution is -2.32. The van der Waals surface area contributed by atoms with Crippen molar-refractivity contribution in [2.45, 2.75) is 31.7 Å². The number of hydrogen-bond donors (Lipinski definition) is 1. The van der Waals surface area contributed by atoms with Gasteiger partial charge in [0.25, 0.3) is 0 Å². The van der Waals surface area contributed by atoms with E-state index in [0.29, 0.717) is 0 Å². The molecule has 2 atom stereocenters. The van der Waals surface area contributed by atoms with Gasteiger partial charge in [-0.2, -0.15) is 5.10 Å². The first kappa shape index (κ1) is 22.1. The third-order valence-corrected chi connectivity index (χ3v) is 7.07. The summed E-state index contributed by atoms with van der Waals surface area (Å²) in [6.45, 7) is 0. The van der Waals surface area contributed by atoms with Crippen molar-refractivity contribution >= 4 is 28.6 Å². The molecule has 6 rings (SSSR count). The molecule has 1 amide bonds. The molecular formula is C29H24N4O3. The Balaban J connectivity index is 1.40. The zero-order valence-electron chi connectivity index (χ0n) is 19.5. The highest BCUT2D eigenvalue weighted by Crippen LogP contribution is 2.44. The average Bonchev–Trinajstić information content (AvgIpc) is 3.32. The zero-order chi connectivity index (χ0) is 24.6. The van der Waals surface area contributed by atoms with E-state index in [1.165, 1.54) is 10.6 Å². The molecule has 0 spiro atoms. The Morgan fingerprint density at radius 1 is 0.889 bits per heavy atom. The largest absolute Gasteiger partial charge is 0.481 e. The van der Waals surface area contributed by atoms with Crippen molar-refractivity contribution in [3.8, 4) is 11.1 Å². The third-order valence-electron chi connectivity index (χ3n) is 7.07. The minimum atomic E-state index is -0.996. The van der Waals surface area contributed by atoms with Gasteiger partial charge >= 0.3 is 5.97 Å².